The third kappa shape index (κ3) is 3.56. The van der Waals surface area contributed by atoms with Gasteiger partial charge in [0.05, 0.1) is 5.52 Å². The molecule has 5 nitrogen and oxygen atoms in total. The minimum atomic E-state index is -0.383. The minimum Gasteiger partial charge on any atom is -0.408 e. The predicted molar refractivity (Wildman–Crippen MR) is 94.3 cm³/mol. The molecule has 5 heteroatoms. The highest BCUT2D eigenvalue weighted by molar-refractivity contribution is 5.90. The number of nitrogens with zero attached hydrogens (tertiary/aromatic N) is 1. The summed E-state index contributed by atoms with van der Waals surface area (Å²) in [5.41, 5.74) is 4.37. The number of aryl methyl sites for hydroxylation is 3. The Kier molecular flexibility index (Phi) is 4.51. The largest absolute Gasteiger partial charge is 0.419 e. The maximum absolute atomic E-state index is 12.1. The number of carbonyl (C=O) groups is 1. The molecule has 0 fully saturated rings. The van der Waals surface area contributed by atoms with E-state index in [1.54, 1.807) is 10.6 Å². The van der Waals surface area contributed by atoms with Crippen molar-refractivity contribution in [2.45, 2.75) is 33.2 Å². The smallest absolute Gasteiger partial charge is 0.408 e. The summed E-state index contributed by atoms with van der Waals surface area (Å²) in [6.07, 6.45) is 0.916. The van der Waals surface area contributed by atoms with Gasteiger partial charge in [0, 0.05) is 18.7 Å². The number of amides is 1. The van der Waals surface area contributed by atoms with Crippen LogP contribution >= 0.6 is 0 Å². The molecule has 0 atom stereocenters. The molecule has 0 saturated heterocycles. The molecule has 0 bridgehead atoms. The predicted octanol–water partition coefficient (Wildman–Crippen LogP) is 3.63. The van der Waals surface area contributed by atoms with Gasteiger partial charge in [-0.2, -0.15) is 0 Å². The maximum atomic E-state index is 12.1. The van der Waals surface area contributed by atoms with Crippen molar-refractivity contribution in [2.75, 3.05) is 5.32 Å². The number of carbonyl (C=O) groups excluding carboxylic acids is 1. The molecule has 1 aromatic heterocycles. The lowest BCUT2D eigenvalue weighted by atomic mass is 10.1. The molecule has 0 unspecified atom stereocenters. The zero-order valence-corrected chi connectivity index (χ0v) is 13.8. The van der Waals surface area contributed by atoms with Gasteiger partial charge in [-0.05, 0) is 55.7 Å². The number of para-hydroxylation sites is 2. The minimum absolute atomic E-state index is 0.0548. The first kappa shape index (κ1) is 16.1. The lowest BCUT2D eigenvalue weighted by molar-refractivity contribution is -0.116. The maximum Gasteiger partial charge on any atom is 0.419 e. The highest BCUT2D eigenvalue weighted by Gasteiger charge is 2.09. The third-order valence-electron chi connectivity index (χ3n) is 3.86. The Hall–Kier alpha value is -2.82. The summed E-state index contributed by atoms with van der Waals surface area (Å²) in [5, 5.41) is 2.91. The van der Waals surface area contributed by atoms with Gasteiger partial charge in [0.1, 0.15) is 0 Å². The molecular formula is C19H20N2O3. The van der Waals surface area contributed by atoms with Crippen LogP contribution < -0.4 is 11.1 Å². The first-order chi connectivity index (χ1) is 11.5. The van der Waals surface area contributed by atoms with E-state index in [2.05, 4.69) is 11.4 Å². The van der Waals surface area contributed by atoms with Crippen molar-refractivity contribution in [3.05, 3.63) is 64.1 Å². The highest BCUT2D eigenvalue weighted by atomic mass is 16.4. The lowest BCUT2D eigenvalue weighted by Crippen LogP contribution is -2.17. The van der Waals surface area contributed by atoms with Gasteiger partial charge in [0.25, 0.3) is 0 Å². The molecule has 0 aliphatic carbocycles. The molecule has 1 N–H and O–H groups in total. The molecule has 0 aliphatic rings. The van der Waals surface area contributed by atoms with E-state index in [4.69, 9.17) is 4.42 Å². The zero-order chi connectivity index (χ0) is 17.1. The van der Waals surface area contributed by atoms with Crippen LogP contribution in [0.4, 0.5) is 5.69 Å². The van der Waals surface area contributed by atoms with Crippen LogP contribution in [0.25, 0.3) is 11.1 Å². The first-order valence-electron chi connectivity index (χ1n) is 7.99. The zero-order valence-electron chi connectivity index (χ0n) is 13.8. The average Bonchev–Trinajstić information content (AvgIpc) is 2.82. The van der Waals surface area contributed by atoms with E-state index in [9.17, 15) is 9.59 Å². The number of hydrogen-bond acceptors (Lipinski definition) is 3. The van der Waals surface area contributed by atoms with Gasteiger partial charge < -0.3 is 9.73 Å². The number of benzene rings is 2. The Morgan fingerprint density at radius 2 is 1.83 bits per heavy atom. The van der Waals surface area contributed by atoms with Gasteiger partial charge in [0.15, 0.2) is 5.58 Å². The number of anilines is 1. The van der Waals surface area contributed by atoms with Crippen LogP contribution in [0.2, 0.25) is 0 Å². The van der Waals surface area contributed by atoms with Crippen molar-refractivity contribution >= 4 is 22.7 Å². The van der Waals surface area contributed by atoms with Crippen LogP contribution in [-0.2, 0) is 11.3 Å². The number of fused-ring (bicyclic) bond motifs is 1. The standard InChI is InChI=1S/C19H20N2O3/c1-13-10-14(2)12-15(11-13)20-18(22)8-5-9-21-16-6-3-4-7-17(16)24-19(21)23/h3-4,6-7,10-12H,5,8-9H2,1-2H3,(H,20,22). The molecule has 24 heavy (non-hydrogen) atoms. The monoisotopic (exact) mass is 324 g/mol. The molecule has 2 aromatic carbocycles. The van der Waals surface area contributed by atoms with Crippen molar-refractivity contribution in [1.29, 1.82) is 0 Å². The number of aromatic nitrogens is 1. The second-order valence-electron chi connectivity index (χ2n) is 6.02. The SMILES string of the molecule is Cc1cc(C)cc(NC(=O)CCCn2c(=O)oc3ccccc32)c1. The molecule has 124 valence electrons. The summed E-state index contributed by atoms with van der Waals surface area (Å²) in [4.78, 5) is 24.0. The van der Waals surface area contributed by atoms with Gasteiger partial charge in [-0.3, -0.25) is 9.36 Å². The van der Waals surface area contributed by atoms with Crippen LogP contribution in [0.15, 0.2) is 51.7 Å². The van der Waals surface area contributed by atoms with Crippen molar-refractivity contribution in [1.82, 2.24) is 4.57 Å². The molecule has 0 radical (unpaired) electrons. The summed E-state index contributed by atoms with van der Waals surface area (Å²) in [7, 11) is 0. The van der Waals surface area contributed by atoms with Crippen molar-refractivity contribution in [2.24, 2.45) is 0 Å². The number of hydrogen-bond donors (Lipinski definition) is 1. The van der Waals surface area contributed by atoms with E-state index in [1.165, 1.54) is 0 Å². The van der Waals surface area contributed by atoms with Gasteiger partial charge in [-0.1, -0.05) is 18.2 Å². The number of rotatable bonds is 5. The summed E-state index contributed by atoms with van der Waals surface area (Å²) >= 11 is 0. The molecule has 1 heterocycles. The summed E-state index contributed by atoms with van der Waals surface area (Å²) in [6, 6.07) is 13.2. The van der Waals surface area contributed by atoms with Gasteiger partial charge >= 0.3 is 5.76 Å². The fourth-order valence-electron chi connectivity index (χ4n) is 2.89. The van der Waals surface area contributed by atoms with E-state index in [0.717, 1.165) is 22.3 Å². The normalized spacial score (nSPS) is 10.9. The van der Waals surface area contributed by atoms with Gasteiger partial charge in [-0.15, -0.1) is 0 Å². The van der Waals surface area contributed by atoms with E-state index >= 15 is 0 Å². The van der Waals surface area contributed by atoms with Crippen molar-refractivity contribution < 1.29 is 9.21 Å². The topological polar surface area (TPSA) is 64.2 Å². The quantitative estimate of drug-likeness (QED) is 0.779. The summed E-state index contributed by atoms with van der Waals surface area (Å²) in [5.74, 6) is -0.438. The second-order valence-corrected chi connectivity index (χ2v) is 6.02. The van der Waals surface area contributed by atoms with E-state index in [1.807, 2.05) is 44.2 Å². The fourth-order valence-corrected chi connectivity index (χ4v) is 2.89. The second kappa shape index (κ2) is 6.74. The Labute approximate surface area is 139 Å². The fraction of sp³-hybridized carbons (Fsp3) is 0.263. The summed E-state index contributed by atoms with van der Waals surface area (Å²) in [6.45, 7) is 4.45. The van der Waals surface area contributed by atoms with Crippen molar-refractivity contribution in [3.8, 4) is 0 Å². The Bertz CT molecular complexity index is 917. The Morgan fingerprint density at radius 1 is 1.12 bits per heavy atom. The lowest BCUT2D eigenvalue weighted by Gasteiger charge is -2.08. The van der Waals surface area contributed by atoms with Gasteiger partial charge in [0.2, 0.25) is 5.91 Å². The Balaban J connectivity index is 1.60. The van der Waals surface area contributed by atoms with Crippen LogP contribution in [-0.4, -0.2) is 10.5 Å². The number of oxazole rings is 1. The highest BCUT2D eigenvalue weighted by Crippen LogP contribution is 2.15. The molecule has 3 rings (SSSR count). The van der Waals surface area contributed by atoms with Gasteiger partial charge in [-0.25, -0.2) is 4.79 Å². The van der Waals surface area contributed by atoms with Crippen LogP contribution in [0.1, 0.15) is 24.0 Å². The Morgan fingerprint density at radius 3 is 2.58 bits per heavy atom. The molecule has 1 amide bonds. The molecule has 0 spiro atoms. The van der Waals surface area contributed by atoms with E-state index in [0.29, 0.717) is 25.0 Å². The first-order valence-corrected chi connectivity index (χ1v) is 7.99. The molecular weight excluding hydrogens is 304 g/mol. The third-order valence-corrected chi connectivity index (χ3v) is 3.86. The van der Waals surface area contributed by atoms with E-state index < -0.39 is 0 Å². The average molecular weight is 324 g/mol. The number of nitrogens with one attached hydrogen (secondary N) is 1. The van der Waals surface area contributed by atoms with Crippen LogP contribution in [0, 0.1) is 13.8 Å². The van der Waals surface area contributed by atoms with Crippen molar-refractivity contribution in [3.63, 3.8) is 0 Å². The van der Waals surface area contributed by atoms with Crippen LogP contribution in [0.5, 0.6) is 0 Å². The molecule has 0 aliphatic heterocycles. The van der Waals surface area contributed by atoms with Crippen LogP contribution in [0.3, 0.4) is 0 Å². The molecule has 3 aromatic rings. The summed E-state index contributed by atoms with van der Waals surface area (Å²) < 4.78 is 6.75. The molecule has 0 saturated carbocycles. The van der Waals surface area contributed by atoms with E-state index in [-0.39, 0.29) is 11.7 Å².